The van der Waals surface area contributed by atoms with Gasteiger partial charge in [0.15, 0.2) is 0 Å². The molecule has 0 bridgehead atoms. The van der Waals surface area contributed by atoms with E-state index in [2.05, 4.69) is 57.2 Å². The Morgan fingerprint density at radius 3 is 1.84 bits per heavy atom. The number of hydrogen-bond donors (Lipinski definition) is 0. The molecule has 0 aliphatic rings. The van der Waals surface area contributed by atoms with Crippen molar-refractivity contribution in [3.8, 4) is 0 Å². The molecule has 0 saturated heterocycles. The third kappa shape index (κ3) is 5.98. The third-order valence-corrected chi connectivity index (χ3v) is 3.22. The molecule has 0 N–H and O–H groups in total. The predicted octanol–water partition coefficient (Wildman–Crippen LogP) is -5.07. The summed E-state index contributed by atoms with van der Waals surface area (Å²) in [7, 11) is 0. The first-order valence-corrected chi connectivity index (χ1v) is 5.45. The van der Waals surface area contributed by atoms with E-state index in [1.165, 1.54) is 27.8 Å². The largest absolute Gasteiger partial charge is 4.00 e. The summed E-state index contributed by atoms with van der Waals surface area (Å²) in [5.74, 6) is 0. The summed E-state index contributed by atoms with van der Waals surface area (Å²) in [5.41, 5.74) is 7.13. The van der Waals surface area contributed by atoms with Gasteiger partial charge in [-0.05, 0) is 49.4 Å². The Morgan fingerprint density at radius 2 is 1.32 bits per heavy atom. The van der Waals surface area contributed by atoms with Gasteiger partial charge in [-0.2, -0.15) is 17.7 Å². The van der Waals surface area contributed by atoms with Gasteiger partial charge in [0.05, 0.1) is 0 Å². The van der Waals surface area contributed by atoms with Crippen LogP contribution in [0.2, 0.25) is 0 Å². The minimum absolute atomic E-state index is 0. The number of halogens is 3. The second-order valence-electron chi connectivity index (χ2n) is 4.27. The molecule has 0 aliphatic carbocycles. The van der Waals surface area contributed by atoms with Gasteiger partial charge in [-0.3, -0.25) is 0 Å². The zero-order valence-corrected chi connectivity index (χ0v) is 15.1. The van der Waals surface area contributed by atoms with E-state index in [0.717, 1.165) is 6.42 Å². The normalized spacial score (nSPS) is 8.37. The summed E-state index contributed by atoms with van der Waals surface area (Å²) in [4.78, 5) is 0. The van der Waals surface area contributed by atoms with Crippen molar-refractivity contribution in [2.24, 2.45) is 0 Å². The van der Waals surface area contributed by atoms with Gasteiger partial charge in [0.2, 0.25) is 0 Å². The van der Waals surface area contributed by atoms with Crippen molar-refractivity contribution >= 4 is 0 Å². The molecule has 0 fully saturated rings. The molecule has 0 unspecified atom stereocenters. The summed E-state index contributed by atoms with van der Waals surface area (Å²) in [6, 6.07) is 13.0. The molecule has 4 heteroatoms. The van der Waals surface area contributed by atoms with Gasteiger partial charge in [-0.1, -0.05) is 12.1 Å². The number of rotatable bonds is 2. The molecular weight excluding hydrogens is 334 g/mol. The Balaban J connectivity index is -0.000000640. The average Bonchev–Trinajstić information content (AvgIpc) is 2.71. The molecule has 0 radical (unpaired) electrons. The van der Waals surface area contributed by atoms with Crippen LogP contribution < -0.4 is 37.2 Å². The van der Waals surface area contributed by atoms with Gasteiger partial charge in [0.1, 0.15) is 0 Å². The summed E-state index contributed by atoms with van der Waals surface area (Å²) in [6.45, 7) is 6.61. The molecule has 2 rings (SSSR count). The first kappa shape index (κ1) is 24.2. The number of aryl methyl sites for hydroxylation is 2. The quantitative estimate of drug-likeness (QED) is 0.375. The fourth-order valence-electron chi connectivity index (χ4n) is 2.02. The van der Waals surface area contributed by atoms with Gasteiger partial charge >= 0.3 is 21.7 Å². The monoisotopic (exact) mass is 350 g/mol. The van der Waals surface area contributed by atoms with E-state index in [0.29, 0.717) is 0 Å². The van der Waals surface area contributed by atoms with E-state index < -0.39 is 0 Å². The van der Waals surface area contributed by atoms with Gasteiger partial charge in [0.25, 0.3) is 0 Å². The van der Waals surface area contributed by atoms with Crippen LogP contribution in [0, 0.1) is 20.8 Å². The van der Waals surface area contributed by atoms with E-state index in [-0.39, 0.29) is 58.9 Å². The van der Waals surface area contributed by atoms with Crippen LogP contribution in [0.25, 0.3) is 0 Å². The topological polar surface area (TPSA) is 0 Å². The Labute approximate surface area is 149 Å². The van der Waals surface area contributed by atoms with Gasteiger partial charge in [-0.15, -0.1) is 0 Å². The first-order valence-electron chi connectivity index (χ1n) is 5.45. The smallest absolute Gasteiger partial charge is 1.00 e. The summed E-state index contributed by atoms with van der Waals surface area (Å²) in [6.07, 6.45) is 1.06. The maximum absolute atomic E-state index is 2.22. The SMILES string of the molecule is Cc1ccc(C)c(C[c-]2cccc2)c1C.[Cl-].[Cl-].[Cl-].[Ti+4]. The molecular formula is C15H17Cl3Ti. The third-order valence-electron chi connectivity index (χ3n) is 3.22. The predicted molar refractivity (Wildman–Crippen MR) is 65.5 cm³/mol. The Morgan fingerprint density at radius 1 is 0.842 bits per heavy atom. The van der Waals surface area contributed by atoms with Crippen LogP contribution in [0.15, 0.2) is 36.4 Å². The standard InChI is InChI=1S/C15H17.3ClH.Ti/c1-11-8-9-12(2)15(13(11)3)10-14-6-4-5-7-14;;;;/h4-9H,10H2,1-3H3;3*1H;/q-1;;;;+4/p-3. The van der Waals surface area contributed by atoms with E-state index in [1.54, 1.807) is 0 Å². The maximum atomic E-state index is 2.22. The van der Waals surface area contributed by atoms with Crippen LogP contribution in [0.3, 0.4) is 0 Å². The first-order chi connectivity index (χ1) is 7.18. The van der Waals surface area contributed by atoms with Crippen LogP contribution in [0.1, 0.15) is 27.8 Å². The number of hydrogen-bond acceptors (Lipinski definition) is 0. The molecule has 0 amide bonds. The van der Waals surface area contributed by atoms with Gasteiger partial charge in [0, 0.05) is 0 Å². The average molecular weight is 352 g/mol. The summed E-state index contributed by atoms with van der Waals surface area (Å²) >= 11 is 0. The van der Waals surface area contributed by atoms with Gasteiger partial charge < -0.3 is 37.2 Å². The molecule has 0 nitrogen and oxygen atoms in total. The van der Waals surface area contributed by atoms with Crippen molar-refractivity contribution in [2.75, 3.05) is 0 Å². The molecule has 0 aliphatic heterocycles. The van der Waals surface area contributed by atoms with Crippen molar-refractivity contribution in [2.45, 2.75) is 27.2 Å². The number of benzene rings is 1. The van der Waals surface area contributed by atoms with Crippen molar-refractivity contribution in [3.63, 3.8) is 0 Å². The van der Waals surface area contributed by atoms with Crippen LogP contribution in [0.5, 0.6) is 0 Å². The fourth-order valence-corrected chi connectivity index (χ4v) is 2.02. The molecule has 102 valence electrons. The fraction of sp³-hybridized carbons (Fsp3) is 0.267. The molecule has 0 spiro atoms. The molecule has 2 aromatic carbocycles. The zero-order chi connectivity index (χ0) is 10.8. The van der Waals surface area contributed by atoms with Crippen LogP contribution in [-0.4, -0.2) is 0 Å². The van der Waals surface area contributed by atoms with Gasteiger partial charge in [-0.25, -0.2) is 12.1 Å². The zero-order valence-electron chi connectivity index (χ0n) is 11.3. The maximum Gasteiger partial charge on any atom is 4.00 e. The molecule has 0 atom stereocenters. The minimum Gasteiger partial charge on any atom is -1.00 e. The summed E-state index contributed by atoms with van der Waals surface area (Å²) < 4.78 is 0. The molecule has 2 aromatic rings. The van der Waals surface area contributed by atoms with Crippen molar-refractivity contribution < 1.29 is 58.9 Å². The van der Waals surface area contributed by atoms with E-state index in [9.17, 15) is 0 Å². The van der Waals surface area contributed by atoms with Crippen LogP contribution in [0.4, 0.5) is 0 Å². The van der Waals surface area contributed by atoms with Crippen LogP contribution in [-0.2, 0) is 28.1 Å². The van der Waals surface area contributed by atoms with Crippen molar-refractivity contribution in [3.05, 3.63) is 64.2 Å². The molecule has 0 aromatic heterocycles. The second-order valence-corrected chi connectivity index (χ2v) is 4.27. The molecule has 19 heavy (non-hydrogen) atoms. The van der Waals surface area contributed by atoms with Crippen LogP contribution >= 0.6 is 0 Å². The van der Waals surface area contributed by atoms with E-state index >= 15 is 0 Å². The van der Waals surface area contributed by atoms with Crippen molar-refractivity contribution in [1.82, 2.24) is 0 Å². The molecule has 0 heterocycles. The van der Waals surface area contributed by atoms with E-state index in [1.807, 2.05) is 0 Å². The Hall–Kier alpha value is 0.154. The summed E-state index contributed by atoms with van der Waals surface area (Å²) in [5, 5.41) is 0. The Kier molecular flexibility index (Phi) is 13.9. The minimum atomic E-state index is 0. The van der Waals surface area contributed by atoms with E-state index in [4.69, 9.17) is 0 Å². The molecule has 0 saturated carbocycles. The van der Waals surface area contributed by atoms with Crippen molar-refractivity contribution in [1.29, 1.82) is 0 Å². The second kappa shape index (κ2) is 10.9. The Bertz CT molecular complexity index is 464.